The Bertz CT molecular complexity index is 658. The van der Waals surface area contributed by atoms with Crippen molar-refractivity contribution in [1.82, 2.24) is 0 Å². The number of carbonyl (C=O) groups is 2. The van der Waals surface area contributed by atoms with Crippen LogP contribution >= 0.6 is 11.6 Å². The van der Waals surface area contributed by atoms with Gasteiger partial charge in [-0.3, -0.25) is 4.79 Å². The summed E-state index contributed by atoms with van der Waals surface area (Å²) in [5.41, 5.74) is 0.864. The lowest BCUT2D eigenvalue weighted by molar-refractivity contribution is 0.0550. The summed E-state index contributed by atoms with van der Waals surface area (Å²) in [5, 5.41) is 0.282. The molecule has 1 aromatic heterocycles. The summed E-state index contributed by atoms with van der Waals surface area (Å²) in [6.45, 7) is 3.57. The van der Waals surface area contributed by atoms with E-state index < -0.39 is 5.97 Å². The molecule has 20 heavy (non-hydrogen) atoms. The van der Waals surface area contributed by atoms with Crippen LogP contribution in [0.25, 0.3) is 11.3 Å². The van der Waals surface area contributed by atoms with Crippen molar-refractivity contribution in [2.75, 3.05) is 6.61 Å². The molecule has 102 valence electrons. The Morgan fingerprint density at radius 2 is 2.15 bits per heavy atom. The van der Waals surface area contributed by atoms with Gasteiger partial charge in [0.05, 0.1) is 10.6 Å². The Morgan fingerprint density at radius 1 is 1.35 bits per heavy atom. The van der Waals surface area contributed by atoms with Gasteiger partial charge >= 0.3 is 5.97 Å². The normalized spacial score (nSPS) is 10.1. The van der Waals surface area contributed by atoms with Crippen molar-refractivity contribution in [2.24, 2.45) is 0 Å². The minimum absolute atomic E-state index is 0.107. The lowest BCUT2D eigenvalue weighted by Crippen LogP contribution is -2.05. The maximum absolute atomic E-state index is 11.8. The topological polar surface area (TPSA) is 56.5 Å². The molecule has 0 aliphatic rings. The Hall–Kier alpha value is -2.33. The number of halogens is 1. The van der Waals surface area contributed by atoms with Crippen LogP contribution in [0, 0.1) is 0 Å². The largest absolute Gasteiger partial charge is 0.458 e. The molecule has 1 aromatic carbocycles. The molecule has 0 spiro atoms. The van der Waals surface area contributed by atoms with Gasteiger partial charge in [-0.2, -0.15) is 0 Å². The minimum atomic E-state index is -0.543. The molecule has 0 N–H and O–H groups in total. The van der Waals surface area contributed by atoms with Gasteiger partial charge in [0.25, 0.3) is 0 Å². The molecule has 0 atom stereocenters. The maximum atomic E-state index is 11.8. The zero-order chi connectivity index (χ0) is 14.5. The molecule has 4 nitrogen and oxygen atoms in total. The molecule has 0 fully saturated rings. The molecule has 0 bridgehead atoms. The number of carbonyl (C=O) groups excluding carboxylic acids is 2. The van der Waals surface area contributed by atoms with E-state index in [9.17, 15) is 9.59 Å². The van der Waals surface area contributed by atoms with Crippen LogP contribution in [0.2, 0.25) is 5.02 Å². The molecule has 2 rings (SSSR count). The average Bonchev–Trinajstić information content (AvgIpc) is 2.94. The van der Waals surface area contributed by atoms with E-state index in [0.717, 1.165) is 0 Å². The third kappa shape index (κ3) is 2.97. The number of benzene rings is 1. The predicted molar refractivity (Wildman–Crippen MR) is 75.0 cm³/mol. The second kappa shape index (κ2) is 6.21. The number of hydrogen-bond donors (Lipinski definition) is 0. The Kier molecular flexibility index (Phi) is 4.38. The molecule has 1 heterocycles. The monoisotopic (exact) mass is 290 g/mol. The zero-order valence-electron chi connectivity index (χ0n) is 10.5. The lowest BCUT2D eigenvalue weighted by atomic mass is 10.1. The van der Waals surface area contributed by atoms with E-state index >= 15 is 0 Å². The summed E-state index contributed by atoms with van der Waals surface area (Å²) in [6, 6.07) is 8.02. The number of aldehydes is 1. The van der Waals surface area contributed by atoms with Crippen molar-refractivity contribution < 1.29 is 18.7 Å². The van der Waals surface area contributed by atoms with Crippen molar-refractivity contribution in [3.63, 3.8) is 0 Å². The highest BCUT2D eigenvalue weighted by Gasteiger charge is 2.14. The molecule has 0 unspecified atom stereocenters. The second-order valence-electron chi connectivity index (χ2n) is 3.90. The summed E-state index contributed by atoms with van der Waals surface area (Å²) >= 11 is 5.98. The van der Waals surface area contributed by atoms with Crippen LogP contribution in [0.1, 0.15) is 20.9 Å². The molecule has 0 radical (unpaired) electrons. The van der Waals surface area contributed by atoms with Crippen molar-refractivity contribution in [3.8, 4) is 11.3 Å². The quantitative estimate of drug-likeness (QED) is 0.478. The third-order valence-electron chi connectivity index (χ3n) is 2.55. The fourth-order valence-electron chi connectivity index (χ4n) is 1.62. The molecule has 0 saturated carbocycles. The summed E-state index contributed by atoms with van der Waals surface area (Å²) in [5.74, 6) is 0.145. The highest BCUT2D eigenvalue weighted by atomic mass is 35.5. The minimum Gasteiger partial charge on any atom is -0.458 e. The fourth-order valence-corrected chi connectivity index (χ4v) is 1.81. The van der Waals surface area contributed by atoms with Crippen LogP contribution in [-0.2, 0) is 4.74 Å². The van der Waals surface area contributed by atoms with Crippen molar-refractivity contribution in [3.05, 3.63) is 59.3 Å². The van der Waals surface area contributed by atoms with E-state index in [2.05, 4.69) is 6.58 Å². The van der Waals surface area contributed by atoms with E-state index in [1.807, 2.05) is 0 Å². The van der Waals surface area contributed by atoms with E-state index in [1.165, 1.54) is 6.08 Å². The molecule has 0 aliphatic carbocycles. The standard InChI is InChI=1S/C15H11ClO4/c1-2-7-19-15(18)12-8-10(3-5-13(12)16)14-6-4-11(9-17)20-14/h2-6,8-9H,1,7H2. The van der Waals surface area contributed by atoms with Gasteiger partial charge < -0.3 is 9.15 Å². The molecule has 2 aromatic rings. The van der Waals surface area contributed by atoms with Gasteiger partial charge in [-0.1, -0.05) is 24.3 Å². The number of hydrogen-bond acceptors (Lipinski definition) is 4. The summed E-state index contributed by atoms with van der Waals surface area (Å²) in [4.78, 5) is 22.4. The van der Waals surface area contributed by atoms with Gasteiger partial charge in [0, 0.05) is 5.56 Å². The molecular formula is C15H11ClO4. The highest BCUT2D eigenvalue weighted by Crippen LogP contribution is 2.27. The number of furan rings is 1. The first-order valence-corrected chi connectivity index (χ1v) is 6.16. The fraction of sp³-hybridized carbons (Fsp3) is 0.0667. The first kappa shape index (κ1) is 14.1. The third-order valence-corrected chi connectivity index (χ3v) is 2.88. The van der Waals surface area contributed by atoms with E-state index in [0.29, 0.717) is 17.6 Å². The second-order valence-corrected chi connectivity index (χ2v) is 4.31. The van der Waals surface area contributed by atoms with Gasteiger partial charge in [-0.25, -0.2) is 4.79 Å². The maximum Gasteiger partial charge on any atom is 0.339 e. The van der Waals surface area contributed by atoms with Gasteiger partial charge in [0.15, 0.2) is 12.0 Å². The number of ether oxygens (including phenoxy) is 1. The van der Waals surface area contributed by atoms with Crippen molar-refractivity contribution in [1.29, 1.82) is 0 Å². The van der Waals surface area contributed by atoms with E-state index in [1.54, 1.807) is 30.3 Å². The Morgan fingerprint density at radius 3 is 2.80 bits per heavy atom. The van der Waals surface area contributed by atoms with Gasteiger partial charge in [0.2, 0.25) is 0 Å². The Labute approximate surface area is 120 Å². The van der Waals surface area contributed by atoms with Crippen LogP contribution in [-0.4, -0.2) is 18.9 Å². The van der Waals surface area contributed by atoms with E-state index in [4.69, 9.17) is 20.8 Å². The Balaban J connectivity index is 2.34. The first-order chi connectivity index (χ1) is 9.65. The average molecular weight is 291 g/mol. The molecular weight excluding hydrogens is 280 g/mol. The molecule has 5 heteroatoms. The van der Waals surface area contributed by atoms with Crippen LogP contribution in [0.4, 0.5) is 0 Å². The highest BCUT2D eigenvalue weighted by molar-refractivity contribution is 6.33. The molecule has 0 amide bonds. The first-order valence-electron chi connectivity index (χ1n) is 5.78. The number of esters is 1. The molecule has 0 saturated heterocycles. The van der Waals surface area contributed by atoms with Crippen molar-refractivity contribution in [2.45, 2.75) is 0 Å². The van der Waals surface area contributed by atoms with Gasteiger partial charge in [0.1, 0.15) is 12.4 Å². The predicted octanol–water partition coefficient (Wildman–Crippen LogP) is 3.76. The van der Waals surface area contributed by atoms with Crippen LogP contribution in [0.15, 0.2) is 47.4 Å². The van der Waals surface area contributed by atoms with Crippen molar-refractivity contribution >= 4 is 23.9 Å². The summed E-state index contributed by atoms with van der Waals surface area (Å²) < 4.78 is 10.2. The SMILES string of the molecule is C=CCOC(=O)c1cc(-c2ccc(C=O)o2)ccc1Cl. The van der Waals surface area contributed by atoms with Crippen LogP contribution < -0.4 is 0 Å². The summed E-state index contributed by atoms with van der Waals surface area (Å²) in [7, 11) is 0. The van der Waals surface area contributed by atoms with E-state index in [-0.39, 0.29) is 23.0 Å². The molecule has 0 aliphatic heterocycles. The summed E-state index contributed by atoms with van der Waals surface area (Å²) in [6.07, 6.45) is 2.08. The van der Waals surface area contributed by atoms with Gasteiger partial charge in [-0.15, -0.1) is 0 Å². The smallest absolute Gasteiger partial charge is 0.339 e. The zero-order valence-corrected chi connectivity index (χ0v) is 11.2. The lowest BCUT2D eigenvalue weighted by Gasteiger charge is -2.06. The number of rotatable bonds is 5. The van der Waals surface area contributed by atoms with Crippen LogP contribution in [0.3, 0.4) is 0 Å². The van der Waals surface area contributed by atoms with Gasteiger partial charge in [-0.05, 0) is 30.3 Å². The van der Waals surface area contributed by atoms with Crippen LogP contribution in [0.5, 0.6) is 0 Å².